The van der Waals surface area contributed by atoms with Gasteiger partial charge in [-0.1, -0.05) is 13.0 Å². The minimum atomic E-state index is -3.36. The van der Waals surface area contributed by atoms with Crippen molar-refractivity contribution in [3.63, 3.8) is 0 Å². The van der Waals surface area contributed by atoms with E-state index in [0.717, 1.165) is 12.8 Å². The summed E-state index contributed by atoms with van der Waals surface area (Å²) in [5, 5.41) is 3.59. The summed E-state index contributed by atoms with van der Waals surface area (Å²) < 4.78 is 26.4. The number of halogens is 1. The van der Waals surface area contributed by atoms with Crippen molar-refractivity contribution in [1.82, 2.24) is 10.2 Å². The molecule has 2 aliphatic heterocycles. The second kappa shape index (κ2) is 8.59. The van der Waals surface area contributed by atoms with Gasteiger partial charge in [-0.2, -0.15) is 0 Å². The first-order valence-corrected chi connectivity index (χ1v) is 10.7. The SMILES string of the molecule is CCCS(=O)(=O)Nc1cccc(C(=O)N(C)C2CC3CCC(C2)N3)c1.Cl. The molecule has 2 saturated heterocycles. The monoisotopic (exact) mass is 401 g/mol. The van der Waals surface area contributed by atoms with E-state index >= 15 is 0 Å². The summed E-state index contributed by atoms with van der Waals surface area (Å²) in [7, 11) is -1.50. The predicted octanol–water partition coefficient (Wildman–Crippen LogP) is 2.62. The van der Waals surface area contributed by atoms with Crippen LogP contribution in [0, 0.1) is 0 Å². The molecular weight excluding hydrogens is 374 g/mol. The van der Waals surface area contributed by atoms with Crippen LogP contribution in [0.15, 0.2) is 24.3 Å². The molecule has 2 heterocycles. The zero-order valence-electron chi connectivity index (χ0n) is 15.3. The quantitative estimate of drug-likeness (QED) is 0.768. The van der Waals surface area contributed by atoms with Gasteiger partial charge < -0.3 is 10.2 Å². The standard InChI is InChI=1S/C18H27N3O3S.ClH/c1-3-9-25(23,24)20-16-6-4-5-13(10-16)18(22)21(2)17-11-14-7-8-15(12-17)19-14;/h4-6,10,14-15,17,19-20H,3,7-9,11-12H2,1-2H3;1H. The number of rotatable bonds is 6. The molecule has 0 aliphatic carbocycles. The third kappa shape index (κ3) is 4.90. The summed E-state index contributed by atoms with van der Waals surface area (Å²) in [6.45, 7) is 1.82. The largest absolute Gasteiger partial charge is 0.339 e. The second-order valence-electron chi connectivity index (χ2n) is 7.18. The topological polar surface area (TPSA) is 78.5 Å². The van der Waals surface area contributed by atoms with Crippen LogP contribution < -0.4 is 10.0 Å². The number of hydrogen-bond donors (Lipinski definition) is 2. The number of piperidine rings is 1. The highest BCUT2D eigenvalue weighted by Crippen LogP contribution is 2.30. The summed E-state index contributed by atoms with van der Waals surface area (Å²) in [6.07, 6.45) is 4.91. The molecule has 2 fully saturated rings. The normalized spacial score (nSPS) is 24.6. The summed E-state index contributed by atoms with van der Waals surface area (Å²) in [6, 6.07) is 8.05. The van der Waals surface area contributed by atoms with Gasteiger partial charge in [-0.15, -0.1) is 12.4 Å². The summed E-state index contributed by atoms with van der Waals surface area (Å²) >= 11 is 0. The summed E-state index contributed by atoms with van der Waals surface area (Å²) in [5.41, 5.74) is 0.961. The van der Waals surface area contributed by atoms with Crippen LogP contribution in [0.4, 0.5) is 5.69 Å². The van der Waals surface area contributed by atoms with Gasteiger partial charge in [0, 0.05) is 36.4 Å². The number of fused-ring (bicyclic) bond motifs is 2. The molecule has 26 heavy (non-hydrogen) atoms. The third-order valence-electron chi connectivity index (χ3n) is 5.17. The smallest absolute Gasteiger partial charge is 0.253 e. The van der Waals surface area contributed by atoms with Gasteiger partial charge in [-0.3, -0.25) is 9.52 Å². The van der Waals surface area contributed by atoms with Crippen molar-refractivity contribution in [1.29, 1.82) is 0 Å². The van der Waals surface area contributed by atoms with Crippen LogP contribution in [0.5, 0.6) is 0 Å². The third-order valence-corrected chi connectivity index (χ3v) is 6.66. The number of sulfonamides is 1. The molecule has 3 rings (SSSR count). The molecule has 2 unspecified atom stereocenters. The molecule has 146 valence electrons. The maximum atomic E-state index is 12.8. The van der Waals surface area contributed by atoms with E-state index in [-0.39, 0.29) is 30.1 Å². The number of hydrogen-bond acceptors (Lipinski definition) is 4. The van der Waals surface area contributed by atoms with Gasteiger partial charge >= 0.3 is 0 Å². The van der Waals surface area contributed by atoms with Crippen molar-refractivity contribution in [3.8, 4) is 0 Å². The fourth-order valence-electron chi connectivity index (χ4n) is 3.93. The number of nitrogens with one attached hydrogen (secondary N) is 2. The Balaban J connectivity index is 0.00000243. The van der Waals surface area contributed by atoms with E-state index in [9.17, 15) is 13.2 Å². The average Bonchev–Trinajstić information content (AvgIpc) is 2.91. The lowest BCUT2D eigenvalue weighted by Gasteiger charge is -2.35. The van der Waals surface area contributed by atoms with Gasteiger partial charge in [0.25, 0.3) is 5.91 Å². The van der Waals surface area contributed by atoms with Crippen LogP contribution in [0.1, 0.15) is 49.4 Å². The summed E-state index contributed by atoms with van der Waals surface area (Å²) in [4.78, 5) is 14.7. The van der Waals surface area contributed by atoms with Crippen LogP contribution in [0.3, 0.4) is 0 Å². The Kier molecular flexibility index (Phi) is 6.93. The van der Waals surface area contributed by atoms with Crippen molar-refractivity contribution in [2.45, 2.75) is 57.2 Å². The minimum Gasteiger partial charge on any atom is -0.339 e. The Labute approximate surface area is 162 Å². The molecule has 0 saturated carbocycles. The first-order valence-electron chi connectivity index (χ1n) is 9.01. The Morgan fingerprint density at radius 2 is 1.92 bits per heavy atom. The fourth-order valence-corrected chi connectivity index (χ4v) is 5.05. The van der Waals surface area contributed by atoms with Gasteiger partial charge in [0.05, 0.1) is 5.75 Å². The lowest BCUT2D eigenvalue weighted by molar-refractivity contribution is 0.0681. The molecule has 2 N–H and O–H groups in total. The van der Waals surface area contributed by atoms with Crippen molar-refractivity contribution in [2.24, 2.45) is 0 Å². The highest BCUT2D eigenvalue weighted by molar-refractivity contribution is 7.92. The van der Waals surface area contributed by atoms with E-state index in [0.29, 0.717) is 29.8 Å². The Morgan fingerprint density at radius 3 is 2.54 bits per heavy atom. The first kappa shape index (κ1) is 21.0. The van der Waals surface area contributed by atoms with Crippen LogP contribution in [0.2, 0.25) is 0 Å². The lowest BCUT2D eigenvalue weighted by Crippen LogP contribution is -2.48. The Morgan fingerprint density at radius 1 is 1.27 bits per heavy atom. The number of amides is 1. The van der Waals surface area contributed by atoms with Gasteiger partial charge in [0.2, 0.25) is 10.0 Å². The Hall–Kier alpha value is -1.31. The van der Waals surface area contributed by atoms with E-state index in [1.165, 1.54) is 12.8 Å². The molecule has 2 bridgehead atoms. The fraction of sp³-hybridized carbons (Fsp3) is 0.611. The molecule has 1 aromatic carbocycles. The van der Waals surface area contributed by atoms with Crippen LogP contribution in [0.25, 0.3) is 0 Å². The maximum Gasteiger partial charge on any atom is 0.253 e. The van der Waals surface area contributed by atoms with E-state index in [1.807, 2.05) is 18.9 Å². The minimum absolute atomic E-state index is 0. The molecule has 1 amide bonds. The van der Waals surface area contributed by atoms with E-state index in [2.05, 4.69) is 10.0 Å². The number of carbonyl (C=O) groups excluding carboxylic acids is 1. The van der Waals surface area contributed by atoms with Gasteiger partial charge in [0.1, 0.15) is 0 Å². The van der Waals surface area contributed by atoms with E-state index in [4.69, 9.17) is 0 Å². The highest BCUT2D eigenvalue weighted by atomic mass is 35.5. The Bertz CT molecular complexity index is 729. The van der Waals surface area contributed by atoms with Crippen molar-refractivity contribution >= 4 is 34.0 Å². The molecule has 0 spiro atoms. The van der Waals surface area contributed by atoms with E-state index in [1.54, 1.807) is 24.3 Å². The van der Waals surface area contributed by atoms with Crippen molar-refractivity contribution in [2.75, 3.05) is 17.5 Å². The van der Waals surface area contributed by atoms with Crippen LogP contribution in [-0.2, 0) is 10.0 Å². The van der Waals surface area contributed by atoms with E-state index < -0.39 is 10.0 Å². The molecule has 0 radical (unpaired) electrons. The molecule has 6 nitrogen and oxygen atoms in total. The van der Waals surface area contributed by atoms with Crippen LogP contribution >= 0.6 is 12.4 Å². The molecule has 1 aromatic rings. The van der Waals surface area contributed by atoms with Gasteiger partial charge in [-0.25, -0.2) is 8.42 Å². The van der Waals surface area contributed by atoms with Crippen molar-refractivity contribution in [3.05, 3.63) is 29.8 Å². The molecule has 0 aromatic heterocycles. The van der Waals surface area contributed by atoms with Gasteiger partial charge in [-0.05, 0) is 50.3 Å². The number of benzene rings is 1. The highest BCUT2D eigenvalue weighted by Gasteiger charge is 2.36. The second-order valence-corrected chi connectivity index (χ2v) is 9.02. The zero-order valence-corrected chi connectivity index (χ0v) is 16.9. The number of carbonyl (C=O) groups is 1. The molecular formula is C18H28ClN3O3S. The number of nitrogens with zero attached hydrogens (tertiary/aromatic N) is 1. The van der Waals surface area contributed by atoms with Gasteiger partial charge in [0.15, 0.2) is 0 Å². The average molecular weight is 402 g/mol. The van der Waals surface area contributed by atoms with Crippen LogP contribution in [-0.4, -0.2) is 50.2 Å². The molecule has 8 heteroatoms. The maximum absolute atomic E-state index is 12.8. The molecule has 2 atom stereocenters. The number of anilines is 1. The summed E-state index contributed by atoms with van der Waals surface area (Å²) in [5.74, 6) is 0.0194. The lowest BCUT2D eigenvalue weighted by atomic mass is 9.98. The zero-order chi connectivity index (χ0) is 18.0. The van der Waals surface area contributed by atoms with Crippen molar-refractivity contribution < 1.29 is 13.2 Å². The first-order chi connectivity index (χ1) is 11.9. The predicted molar refractivity (Wildman–Crippen MR) is 106 cm³/mol. The molecule has 2 aliphatic rings.